The van der Waals surface area contributed by atoms with Gasteiger partial charge in [-0.05, 0) is 50.0 Å². The first-order chi connectivity index (χ1) is 11.7. The third-order valence-corrected chi connectivity index (χ3v) is 5.25. The molecule has 1 aromatic carbocycles. The number of amides is 1. The van der Waals surface area contributed by atoms with Gasteiger partial charge in [0, 0.05) is 37.1 Å². The van der Waals surface area contributed by atoms with Crippen molar-refractivity contribution in [2.45, 2.75) is 37.8 Å². The van der Waals surface area contributed by atoms with Gasteiger partial charge in [0.15, 0.2) is 4.77 Å². The predicted octanol–water partition coefficient (Wildman–Crippen LogP) is 2.89. The van der Waals surface area contributed by atoms with Gasteiger partial charge in [-0.15, -0.1) is 0 Å². The van der Waals surface area contributed by atoms with Crippen LogP contribution in [-0.4, -0.2) is 45.5 Å². The Labute approximate surface area is 146 Å². The van der Waals surface area contributed by atoms with Crippen molar-refractivity contribution in [3.05, 3.63) is 47.0 Å². The Bertz CT molecular complexity index is 770. The number of rotatable bonds is 4. The molecule has 1 aliphatic carbocycles. The Morgan fingerprint density at radius 1 is 1.12 bits per heavy atom. The number of hydrogen-bond acceptors (Lipinski definition) is 3. The van der Waals surface area contributed by atoms with Crippen LogP contribution in [0.25, 0.3) is 5.69 Å². The average molecular weight is 342 g/mol. The smallest absolute Gasteiger partial charge is 0.270 e. The highest BCUT2D eigenvalue weighted by molar-refractivity contribution is 7.71. The second kappa shape index (κ2) is 6.53. The predicted molar refractivity (Wildman–Crippen MR) is 96.0 cm³/mol. The summed E-state index contributed by atoms with van der Waals surface area (Å²) in [5, 5.41) is 3.19. The highest BCUT2D eigenvalue weighted by atomic mass is 32.1. The Balaban J connectivity index is 1.46. The van der Waals surface area contributed by atoms with Crippen molar-refractivity contribution in [2.24, 2.45) is 0 Å². The van der Waals surface area contributed by atoms with E-state index in [1.807, 2.05) is 30.3 Å². The van der Waals surface area contributed by atoms with Crippen LogP contribution >= 0.6 is 12.2 Å². The summed E-state index contributed by atoms with van der Waals surface area (Å²) >= 11 is 5.35. The summed E-state index contributed by atoms with van der Waals surface area (Å²) in [6, 6.07) is 10.8. The van der Waals surface area contributed by atoms with Crippen LogP contribution in [0, 0.1) is 4.77 Å². The summed E-state index contributed by atoms with van der Waals surface area (Å²) in [6.07, 6.45) is 6.44. The lowest BCUT2D eigenvalue weighted by atomic mass is 10.0. The number of carbonyl (C=O) groups excluding carboxylic acids is 1. The Morgan fingerprint density at radius 3 is 2.50 bits per heavy atom. The molecule has 1 amide bonds. The lowest BCUT2D eigenvalue weighted by Gasteiger charge is -2.32. The molecule has 1 aromatic heterocycles. The SMILES string of the molecule is O=C(NC1CCN(C2CC2)CC1)c1c[nH]c(=S)n1-c1ccccc1. The molecular weight excluding hydrogens is 320 g/mol. The van der Waals surface area contributed by atoms with Gasteiger partial charge in [-0.3, -0.25) is 9.36 Å². The van der Waals surface area contributed by atoms with Crippen molar-refractivity contribution in [3.8, 4) is 5.69 Å². The molecule has 0 atom stereocenters. The highest BCUT2D eigenvalue weighted by Gasteiger charge is 2.32. The van der Waals surface area contributed by atoms with Gasteiger partial charge >= 0.3 is 0 Å². The molecule has 2 N–H and O–H groups in total. The molecule has 1 saturated heterocycles. The van der Waals surface area contributed by atoms with Gasteiger partial charge in [-0.1, -0.05) is 18.2 Å². The number of para-hydroxylation sites is 1. The molecule has 2 aliphatic rings. The van der Waals surface area contributed by atoms with Gasteiger partial charge in [-0.2, -0.15) is 0 Å². The number of imidazole rings is 1. The standard InChI is InChI=1S/C18H22N4OS/c23-17(20-13-8-10-21(11-9-13)14-6-7-14)16-12-19-18(24)22(16)15-4-2-1-3-5-15/h1-5,12-14H,6-11H2,(H,19,24)(H,20,23). The summed E-state index contributed by atoms with van der Waals surface area (Å²) in [4.78, 5) is 18.3. The number of hydrogen-bond donors (Lipinski definition) is 2. The number of aromatic nitrogens is 2. The fourth-order valence-electron chi connectivity index (χ4n) is 3.48. The van der Waals surface area contributed by atoms with Crippen LogP contribution in [0.3, 0.4) is 0 Å². The number of nitrogens with zero attached hydrogens (tertiary/aromatic N) is 2. The number of carbonyl (C=O) groups is 1. The molecule has 0 radical (unpaired) electrons. The Hall–Kier alpha value is -1.92. The van der Waals surface area contributed by atoms with E-state index in [0.29, 0.717) is 10.5 Å². The minimum atomic E-state index is -0.0592. The van der Waals surface area contributed by atoms with Gasteiger partial charge in [0.05, 0.1) is 0 Å². The van der Waals surface area contributed by atoms with E-state index in [9.17, 15) is 4.79 Å². The van der Waals surface area contributed by atoms with Crippen molar-refractivity contribution >= 4 is 18.1 Å². The first-order valence-electron chi connectivity index (χ1n) is 8.63. The van der Waals surface area contributed by atoms with Gasteiger partial charge in [0.2, 0.25) is 0 Å². The minimum absolute atomic E-state index is 0.0592. The largest absolute Gasteiger partial charge is 0.348 e. The van der Waals surface area contributed by atoms with Crippen LogP contribution in [-0.2, 0) is 0 Å². The van der Waals surface area contributed by atoms with E-state index >= 15 is 0 Å². The zero-order chi connectivity index (χ0) is 16.5. The van der Waals surface area contributed by atoms with E-state index in [1.165, 1.54) is 12.8 Å². The lowest BCUT2D eigenvalue weighted by molar-refractivity contribution is 0.0902. The minimum Gasteiger partial charge on any atom is -0.348 e. The van der Waals surface area contributed by atoms with E-state index < -0.39 is 0 Å². The monoisotopic (exact) mass is 342 g/mol. The first kappa shape index (κ1) is 15.6. The molecule has 1 saturated carbocycles. The van der Waals surface area contributed by atoms with Crippen molar-refractivity contribution in [1.82, 2.24) is 19.8 Å². The summed E-state index contributed by atoms with van der Waals surface area (Å²) in [5.41, 5.74) is 1.47. The molecule has 1 aliphatic heterocycles. The number of aromatic amines is 1. The molecule has 6 heteroatoms. The zero-order valence-corrected chi connectivity index (χ0v) is 14.4. The highest BCUT2D eigenvalue weighted by Crippen LogP contribution is 2.29. The van der Waals surface area contributed by atoms with Gasteiger partial charge in [-0.25, -0.2) is 0 Å². The van der Waals surface area contributed by atoms with Gasteiger partial charge in [0.1, 0.15) is 5.69 Å². The maximum atomic E-state index is 12.7. The lowest BCUT2D eigenvalue weighted by Crippen LogP contribution is -2.45. The summed E-state index contributed by atoms with van der Waals surface area (Å²) in [7, 11) is 0. The molecule has 5 nitrogen and oxygen atoms in total. The summed E-state index contributed by atoms with van der Waals surface area (Å²) in [6.45, 7) is 2.18. The molecule has 0 unspecified atom stereocenters. The van der Waals surface area contributed by atoms with E-state index in [-0.39, 0.29) is 11.9 Å². The van der Waals surface area contributed by atoms with Crippen LogP contribution in [0.4, 0.5) is 0 Å². The fraction of sp³-hybridized carbons (Fsp3) is 0.444. The van der Waals surface area contributed by atoms with Crippen molar-refractivity contribution in [1.29, 1.82) is 0 Å². The average Bonchev–Trinajstić information content (AvgIpc) is 3.38. The van der Waals surface area contributed by atoms with Crippen LogP contribution in [0.2, 0.25) is 0 Å². The number of likely N-dealkylation sites (tertiary alicyclic amines) is 1. The molecular formula is C18H22N4OS. The van der Waals surface area contributed by atoms with Crippen LogP contribution in [0.1, 0.15) is 36.2 Å². The number of benzene rings is 1. The molecule has 2 fully saturated rings. The fourth-order valence-corrected chi connectivity index (χ4v) is 3.74. The van der Waals surface area contributed by atoms with Crippen molar-refractivity contribution in [3.63, 3.8) is 0 Å². The second-order valence-corrected chi connectivity index (χ2v) is 7.05. The first-order valence-corrected chi connectivity index (χ1v) is 9.04. The van der Waals surface area contributed by atoms with Gasteiger partial charge < -0.3 is 15.2 Å². The van der Waals surface area contributed by atoms with E-state index in [1.54, 1.807) is 10.8 Å². The van der Waals surface area contributed by atoms with Crippen molar-refractivity contribution in [2.75, 3.05) is 13.1 Å². The van der Waals surface area contributed by atoms with Crippen LogP contribution in [0.15, 0.2) is 36.5 Å². The maximum Gasteiger partial charge on any atom is 0.270 e. The molecule has 24 heavy (non-hydrogen) atoms. The van der Waals surface area contributed by atoms with Crippen molar-refractivity contribution < 1.29 is 4.79 Å². The van der Waals surface area contributed by atoms with E-state index in [4.69, 9.17) is 12.2 Å². The molecule has 126 valence electrons. The Morgan fingerprint density at radius 2 is 1.83 bits per heavy atom. The topological polar surface area (TPSA) is 53.1 Å². The molecule has 0 spiro atoms. The second-order valence-electron chi connectivity index (χ2n) is 6.66. The normalized spacial score (nSPS) is 19.3. The Kier molecular flexibility index (Phi) is 4.24. The number of nitrogens with one attached hydrogen (secondary N) is 2. The van der Waals surface area contributed by atoms with Crippen LogP contribution < -0.4 is 5.32 Å². The zero-order valence-electron chi connectivity index (χ0n) is 13.6. The van der Waals surface area contributed by atoms with Gasteiger partial charge in [0.25, 0.3) is 5.91 Å². The molecule has 0 bridgehead atoms. The van der Waals surface area contributed by atoms with Crippen LogP contribution in [0.5, 0.6) is 0 Å². The third-order valence-electron chi connectivity index (χ3n) is 4.95. The summed E-state index contributed by atoms with van der Waals surface area (Å²) < 4.78 is 2.33. The number of piperidine rings is 1. The number of H-pyrrole nitrogens is 1. The molecule has 2 heterocycles. The maximum absolute atomic E-state index is 12.7. The quantitative estimate of drug-likeness (QED) is 0.840. The molecule has 2 aromatic rings. The van der Waals surface area contributed by atoms with E-state index in [0.717, 1.165) is 37.7 Å². The summed E-state index contributed by atoms with van der Waals surface area (Å²) in [5.74, 6) is -0.0592. The van der Waals surface area contributed by atoms with E-state index in [2.05, 4.69) is 15.2 Å². The third kappa shape index (κ3) is 3.16. The molecule has 4 rings (SSSR count).